The van der Waals surface area contributed by atoms with Crippen LogP contribution in [0.25, 0.3) is 0 Å². The molecule has 106 valence electrons. The Hall–Kier alpha value is -0.940. The van der Waals surface area contributed by atoms with E-state index >= 15 is 0 Å². The van der Waals surface area contributed by atoms with E-state index in [0.717, 1.165) is 17.7 Å². The van der Waals surface area contributed by atoms with Crippen molar-refractivity contribution in [1.82, 2.24) is 5.32 Å². The van der Waals surface area contributed by atoms with Crippen LogP contribution in [0.1, 0.15) is 30.5 Å². The maximum absolute atomic E-state index is 13.5. The minimum Gasteiger partial charge on any atom is -0.310 e. The standard InChI is InChI=1S/C14H20FNO2S/c1-3-16-14(11-4-5-19(17,18)9-11)12-6-10(2)7-13(15)8-12/h6-8,11,14,16H,3-5,9H2,1-2H3. The number of halogens is 1. The van der Waals surface area contributed by atoms with Crippen molar-refractivity contribution in [1.29, 1.82) is 0 Å². The molecule has 1 aromatic carbocycles. The van der Waals surface area contributed by atoms with E-state index in [9.17, 15) is 12.8 Å². The quantitative estimate of drug-likeness (QED) is 0.922. The molecule has 2 rings (SSSR count). The lowest BCUT2D eigenvalue weighted by Crippen LogP contribution is -2.29. The maximum atomic E-state index is 13.5. The fraction of sp³-hybridized carbons (Fsp3) is 0.571. The zero-order chi connectivity index (χ0) is 14.0. The number of benzene rings is 1. The molecular formula is C14H20FNO2S. The summed E-state index contributed by atoms with van der Waals surface area (Å²) in [6.07, 6.45) is 0.648. The maximum Gasteiger partial charge on any atom is 0.150 e. The molecule has 0 radical (unpaired) electrons. The molecule has 1 aromatic rings. The summed E-state index contributed by atoms with van der Waals surface area (Å²) in [6, 6.07) is 4.83. The molecule has 1 N–H and O–H groups in total. The van der Waals surface area contributed by atoms with Gasteiger partial charge in [-0.15, -0.1) is 0 Å². The van der Waals surface area contributed by atoms with Crippen LogP contribution < -0.4 is 5.32 Å². The van der Waals surface area contributed by atoms with Crippen LogP contribution in [0.15, 0.2) is 18.2 Å². The van der Waals surface area contributed by atoms with Crippen molar-refractivity contribution in [3.63, 3.8) is 0 Å². The molecule has 1 aliphatic rings. The Morgan fingerprint density at radius 3 is 2.68 bits per heavy atom. The molecule has 2 unspecified atom stereocenters. The van der Waals surface area contributed by atoms with Crippen LogP contribution >= 0.6 is 0 Å². The normalized spacial score (nSPS) is 23.4. The molecule has 1 fully saturated rings. The molecule has 19 heavy (non-hydrogen) atoms. The summed E-state index contributed by atoms with van der Waals surface area (Å²) >= 11 is 0. The van der Waals surface area contributed by atoms with Crippen LogP contribution in [0.5, 0.6) is 0 Å². The molecule has 5 heteroatoms. The molecule has 1 aliphatic heterocycles. The average Bonchev–Trinajstić information content (AvgIpc) is 2.65. The third-order valence-corrected chi connectivity index (χ3v) is 5.38. The predicted octanol–water partition coefficient (Wildman–Crippen LogP) is 2.22. The van der Waals surface area contributed by atoms with Gasteiger partial charge in [-0.05, 0) is 49.1 Å². The Labute approximate surface area is 114 Å². The van der Waals surface area contributed by atoms with Gasteiger partial charge in [-0.25, -0.2) is 12.8 Å². The van der Waals surface area contributed by atoms with Crippen molar-refractivity contribution in [2.24, 2.45) is 5.92 Å². The van der Waals surface area contributed by atoms with Crippen LogP contribution in [0.3, 0.4) is 0 Å². The highest BCUT2D eigenvalue weighted by atomic mass is 32.2. The van der Waals surface area contributed by atoms with Crippen molar-refractivity contribution < 1.29 is 12.8 Å². The van der Waals surface area contributed by atoms with Crippen LogP contribution in [0.4, 0.5) is 4.39 Å². The van der Waals surface area contributed by atoms with E-state index in [0.29, 0.717) is 6.42 Å². The van der Waals surface area contributed by atoms with Gasteiger partial charge in [0, 0.05) is 6.04 Å². The zero-order valence-corrected chi connectivity index (χ0v) is 12.1. The highest BCUT2D eigenvalue weighted by Crippen LogP contribution is 2.32. The minimum absolute atomic E-state index is 0.0335. The second-order valence-corrected chi connectivity index (χ2v) is 7.49. The van der Waals surface area contributed by atoms with Gasteiger partial charge in [0.25, 0.3) is 0 Å². The predicted molar refractivity (Wildman–Crippen MR) is 74.3 cm³/mol. The number of sulfone groups is 1. The van der Waals surface area contributed by atoms with E-state index in [1.165, 1.54) is 12.1 Å². The first-order valence-corrected chi connectivity index (χ1v) is 8.44. The summed E-state index contributed by atoms with van der Waals surface area (Å²) in [6.45, 7) is 4.56. The highest BCUT2D eigenvalue weighted by Gasteiger charge is 2.34. The van der Waals surface area contributed by atoms with Crippen molar-refractivity contribution in [2.45, 2.75) is 26.3 Å². The molecular weight excluding hydrogens is 265 g/mol. The number of nitrogens with one attached hydrogen (secondary N) is 1. The van der Waals surface area contributed by atoms with Gasteiger partial charge in [0.2, 0.25) is 0 Å². The van der Waals surface area contributed by atoms with Gasteiger partial charge in [-0.2, -0.15) is 0 Å². The van der Waals surface area contributed by atoms with Crippen LogP contribution in [-0.4, -0.2) is 26.5 Å². The molecule has 2 atom stereocenters. The molecule has 3 nitrogen and oxygen atoms in total. The zero-order valence-electron chi connectivity index (χ0n) is 11.3. The van der Waals surface area contributed by atoms with E-state index in [1.807, 2.05) is 19.9 Å². The lowest BCUT2D eigenvalue weighted by molar-refractivity contribution is 0.398. The monoisotopic (exact) mass is 285 g/mol. The molecule has 1 heterocycles. The Bertz CT molecular complexity index is 536. The molecule has 1 saturated heterocycles. The molecule has 0 aromatic heterocycles. The molecule has 0 spiro atoms. The van der Waals surface area contributed by atoms with Crippen LogP contribution in [0, 0.1) is 18.7 Å². The Morgan fingerprint density at radius 2 is 2.16 bits per heavy atom. The van der Waals surface area contributed by atoms with Gasteiger partial charge in [-0.3, -0.25) is 0 Å². The Morgan fingerprint density at radius 1 is 1.42 bits per heavy atom. The van der Waals surface area contributed by atoms with Crippen LogP contribution in [0.2, 0.25) is 0 Å². The number of aryl methyl sites for hydroxylation is 1. The number of rotatable bonds is 4. The summed E-state index contributed by atoms with van der Waals surface area (Å²) in [7, 11) is -2.92. The summed E-state index contributed by atoms with van der Waals surface area (Å²) in [5.74, 6) is 0.207. The second kappa shape index (κ2) is 5.59. The largest absolute Gasteiger partial charge is 0.310 e. The molecule has 0 saturated carbocycles. The highest BCUT2D eigenvalue weighted by molar-refractivity contribution is 7.91. The summed E-state index contributed by atoms with van der Waals surface area (Å²) < 4.78 is 36.7. The smallest absolute Gasteiger partial charge is 0.150 e. The summed E-state index contributed by atoms with van der Waals surface area (Å²) in [5.41, 5.74) is 1.71. The summed E-state index contributed by atoms with van der Waals surface area (Å²) in [5, 5.41) is 3.30. The van der Waals surface area contributed by atoms with E-state index in [1.54, 1.807) is 0 Å². The molecule has 0 aliphatic carbocycles. The van der Waals surface area contributed by atoms with Gasteiger partial charge in [0.1, 0.15) is 5.82 Å². The number of hydrogen-bond donors (Lipinski definition) is 1. The third kappa shape index (κ3) is 3.54. The SMILES string of the molecule is CCNC(c1cc(C)cc(F)c1)C1CCS(=O)(=O)C1. The summed E-state index contributed by atoms with van der Waals surface area (Å²) in [4.78, 5) is 0. The molecule has 0 amide bonds. The molecule has 0 bridgehead atoms. The fourth-order valence-electron chi connectivity index (χ4n) is 2.81. The van der Waals surface area contributed by atoms with Crippen molar-refractivity contribution in [3.05, 3.63) is 35.1 Å². The van der Waals surface area contributed by atoms with E-state index in [-0.39, 0.29) is 29.3 Å². The van der Waals surface area contributed by atoms with Gasteiger partial charge in [-0.1, -0.05) is 13.0 Å². The van der Waals surface area contributed by atoms with Crippen LogP contribution in [-0.2, 0) is 9.84 Å². The lowest BCUT2D eigenvalue weighted by Gasteiger charge is -2.24. The first-order chi connectivity index (χ1) is 8.91. The van der Waals surface area contributed by atoms with Crippen molar-refractivity contribution in [2.75, 3.05) is 18.1 Å². The van der Waals surface area contributed by atoms with Gasteiger partial charge >= 0.3 is 0 Å². The second-order valence-electron chi connectivity index (χ2n) is 5.26. The van der Waals surface area contributed by atoms with E-state index in [2.05, 4.69) is 5.32 Å². The fourth-order valence-corrected chi connectivity index (χ4v) is 4.65. The first-order valence-electron chi connectivity index (χ1n) is 6.62. The number of hydrogen-bond acceptors (Lipinski definition) is 3. The Balaban J connectivity index is 2.29. The topological polar surface area (TPSA) is 46.2 Å². The third-order valence-electron chi connectivity index (χ3n) is 3.59. The average molecular weight is 285 g/mol. The minimum atomic E-state index is -2.92. The lowest BCUT2D eigenvalue weighted by atomic mass is 9.91. The van der Waals surface area contributed by atoms with Gasteiger partial charge in [0.15, 0.2) is 9.84 Å². The Kier molecular flexibility index (Phi) is 4.26. The van der Waals surface area contributed by atoms with E-state index < -0.39 is 9.84 Å². The van der Waals surface area contributed by atoms with E-state index in [4.69, 9.17) is 0 Å². The van der Waals surface area contributed by atoms with Gasteiger partial charge in [0.05, 0.1) is 11.5 Å². The van der Waals surface area contributed by atoms with Crippen molar-refractivity contribution in [3.8, 4) is 0 Å². The van der Waals surface area contributed by atoms with Gasteiger partial charge < -0.3 is 5.32 Å². The van der Waals surface area contributed by atoms with Crippen molar-refractivity contribution >= 4 is 9.84 Å². The first kappa shape index (κ1) is 14.5.